The summed E-state index contributed by atoms with van der Waals surface area (Å²) in [6.07, 6.45) is 3.24. The van der Waals surface area contributed by atoms with E-state index in [1.165, 1.54) is 6.08 Å². The zero-order chi connectivity index (χ0) is 17.4. The van der Waals surface area contributed by atoms with Gasteiger partial charge in [-0.05, 0) is 26.0 Å². The highest BCUT2D eigenvalue weighted by Crippen LogP contribution is 2.35. The SMILES string of the molecule is C=C(C)CN(CC)C(=O)/C=C/c1cc(OC)c(OC)cc1OC. The Morgan fingerprint density at radius 2 is 1.70 bits per heavy atom. The number of amides is 1. The molecule has 0 radical (unpaired) electrons. The molecule has 23 heavy (non-hydrogen) atoms. The summed E-state index contributed by atoms with van der Waals surface area (Å²) in [5, 5.41) is 0. The summed E-state index contributed by atoms with van der Waals surface area (Å²) in [5.74, 6) is 1.68. The van der Waals surface area contributed by atoms with Crippen LogP contribution in [0.25, 0.3) is 6.08 Å². The predicted molar refractivity (Wildman–Crippen MR) is 92.2 cm³/mol. The molecule has 0 atom stereocenters. The van der Waals surface area contributed by atoms with Crippen molar-refractivity contribution < 1.29 is 19.0 Å². The van der Waals surface area contributed by atoms with E-state index in [1.54, 1.807) is 44.4 Å². The van der Waals surface area contributed by atoms with Gasteiger partial charge in [0.1, 0.15) is 5.75 Å². The first-order chi connectivity index (χ1) is 11.0. The molecule has 0 bridgehead atoms. The van der Waals surface area contributed by atoms with Crippen molar-refractivity contribution in [2.24, 2.45) is 0 Å². The van der Waals surface area contributed by atoms with Gasteiger partial charge >= 0.3 is 0 Å². The number of hydrogen-bond donors (Lipinski definition) is 0. The van der Waals surface area contributed by atoms with E-state index in [-0.39, 0.29) is 5.91 Å². The smallest absolute Gasteiger partial charge is 0.246 e. The first kappa shape index (κ1) is 18.6. The second kappa shape index (κ2) is 8.88. The fourth-order valence-electron chi connectivity index (χ4n) is 2.12. The van der Waals surface area contributed by atoms with Gasteiger partial charge < -0.3 is 19.1 Å². The average molecular weight is 319 g/mol. The summed E-state index contributed by atoms with van der Waals surface area (Å²) in [4.78, 5) is 14.0. The topological polar surface area (TPSA) is 48.0 Å². The van der Waals surface area contributed by atoms with Crippen LogP contribution in [0.5, 0.6) is 17.2 Å². The summed E-state index contributed by atoms with van der Waals surface area (Å²) in [6, 6.07) is 3.50. The van der Waals surface area contributed by atoms with Crippen LogP contribution >= 0.6 is 0 Å². The number of methoxy groups -OCH3 is 3. The van der Waals surface area contributed by atoms with Crippen LogP contribution in [0.4, 0.5) is 0 Å². The molecule has 0 saturated carbocycles. The van der Waals surface area contributed by atoms with Gasteiger partial charge in [-0.1, -0.05) is 12.2 Å². The van der Waals surface area contributed by atoms with Crippen molar-refractivity contribution in [3.05, 3.63) is 35.9 Å². The van der Waals surface area contributed by atoms with Crippen molar-refractivity contribution >= 4 is 12.0 Å². The van der Waals surface area contributed by atoms with Crippen LogP contribution in [0.1, 0.15) is 19.4 Å². The van der Waals surface area contributed by atoms with E-state index in [4.69, 9.17) is 14.2 Å². The molecule has 5 nitrogen and oxygen atoms in total. The lowest BCUT2D eigenvalue weighted by molar-refractivity contribution is -0.125. The van der Waals surface area contributed by atoms with Crippen molar-refractivity contribution in [1.82, 2.24) is 4.90 Å². The number of hydrogen-bond acceptors (Lipinski definition) is 4. The molecule has 0 aliphatic heterocycles. The number of ether oxygens (including phenoxy) is 3. The van der Waals surface area contributed by atoms with E-state index in [0.717, 1.165) is 11.1 Å². The lowest BCUT2D eigenvalue weighted by atomic mass is 10.1. The third-order valence-corrected chi connectivity index (χ3v) is 3.30. The summed E-state index contributed by atoms with van der Waals surface area (Å²) in [6.45, 7) is 8.85. The van der Waals surface area contributed by atoms with Crippen LogP contribution in [0.2, 0.25) is 0 Å². The van der Waals surface area contributed by atoms with Crippen molar-refractivity contribution in [1.29, 1.82) is 0 Å². The molecule has 0 N–H and O–H groups in total. The quantitative estimate of drug-likeness (QED) is 0.545. The summed E-state index contributed by atoms with van der Waals surface area (Å²) in [7, 11) is 4.70. The molecule has 0 aliphatic rings. The number of nitrogens with zero attached hydrogens (tertiary/aromatic N) is 1. The van der Waals surface area contributed by atoms with Gasteiger partial charge in [-0.3, -0.25) is 4.79 Å². The fourth-order valence-corrected chi connectivity index (χ4v) is 2.12. The van der Waals surface area contributed by atoms with Gasteiger partial charge in [0.25, 0.3) is 0 Å². The Morgan fingerprint density at radius 1 is 1.13 bits per heavy atom. The molecule has 0 unspecified atom stereocenters. The Bertz CT molecular complexity index is 593. The molecule has 0 heterocycles. The Morgan fingerprint density at radius 3 is 2.17 bits per heavy atom. The lowest BCUT2D eigenvalue weighted by Gasteiger charge is -2.19. The predicted octanol–water partition coefficient (Wildman–Crippen LogP) is 3.15. The Balaban J connectivity index is 3.06. The highest BCUT2D eigenvalue weighted by atomic mass is 16.5. The van der Waals surface area contributed by atoms with Gasteiger partial charge in [-0.25, -0.2) is 0 Å². The Hall–Kier alpha value is -2.43. The summed E-state index contributed by atoms with van der Waals surface area (Å²) >= 11 is 0. The normalized spacial score (nSPS) is 10.5. The highest BCUT2D eigenvalue weighted by Gasteiger charge is 2.12. The number of rotatable bonds is 8. The minimum Gasteiger partial charge on any atom is -0.496 e. The lowest BCUT2D eigenvalue weighted by Crippen LogP contribution is -2.30. The molecule has 1 aromatic rings. The zero-order valence-electron chi connectivity index (χ0n) is 14.5. The van der Waals surface area contributed by atoms with Crippen molar-refractivity contribution in [3.8, 4) is 17.2 Å². The van der Waals surface area contributed by atoms with E-state index in [2.05, 4.69) is 6.58 Å². The largest absolute Gasteiger partial charge is 0.496 e. The van der Waals surface area contributed by atoms with Gasteiger partial charge in [0.15, 0.2) is 11.5 Å². The van der Waals surface area contributed by atoms with Crippen LogP contribution in [0.3, 0.4) is 0 Å². The molecule has 126 valence electrons. The van der Waals surface area contributed by atoms with E-state index >= 15 is 0 Å². The number of likely N-dealkylation sites (N-methyl/N-ethyl adjacent to an activating group) is 1. The maximum absolute atomic E-state index is 12.3. The first-order valence-corrected chi connectivity index (χ1v) is 7.38. The molecule has 0 fully saturated rings. The monoisotopic (exact) mass is 319 g/mol. The second-order valence-corrected chi connectivity index (χ2v) is 5.09. The van der Waals surface area contributed by atoms with Crippen LogP contribution in [0.15, 0.2) is 30.4 Å². The van der Waals surface area contributed by atoms with Gasteiger partial charge in [0, 0.05) is 30.8 Å². The minimum absolute atomic E-state index is 0.0765. The average Bonchev–Trinajstić information content (AvgIpc) is 2.56. The molecule has 0 spiro atoms. The Kier molecular flexibility index (Phi) is 7.19. The molecule has 1 rings (SSSR count). The first-order valence-electron chi connectivity index (χ1n) is 7.38. The second-order valence-electron chi connectivity index (χ2n) is 5.09. The van der Waals surface area contributed by atoms with Gasteiger partial charge in [-0.2, -0.15) is 0 Å². The van der Waals surface area contributed by atoms with Gasteiger partial charge in [0.2, 0.25) is 5.91 Å². The highest BCUT2D eigenvalue weighted by molar-refractivity contribution is 5.92. The zero-order valence-corrected chi connectivity index (χ0v) is 14.5. The van der Waals surface area contributed by atoms with E-state index in [9.17, 15) is 4.79 Å². The summed E-state index contributed by atoms with van der Waals surface area (Å²) in [5.41, 5.74) is 1.68. The molecule has 0 aliphatic carbocycles. The van der Waals surface area contributed by atoms with Crippen molar-refractivity contribution in [3.63, 3.8) is 0 Å². The van der Waals surface area contributed by atoms with Crippen LogP contribution in [-0.2, 0) is 4.79 Å². The Labute approximate surface area is 138 Å². The third-order valence-electron chi connectivity index (χ3n) is 3.30. The van der Waals surface area contributed by atoms with Crippen LogP contribution in [-0.4, -0.2) is 45.2 Å². The van der Waals surface area contributed by atoms with Crippen molar-refractivity contribution in [2.45, 2.75) is 13.8 Å². The third kappa shape index (κ3) is 5.06. The van der Waals surface area contributed by atoms with Crippen LogP contribution in [0, 0.1) is 0 Å². The molecule has 5 heteroatoms. The van der Waals surface area contributed by atoms with Gasteiger partial charge in [-0.15, -0.1) is 0 Å². The fraction of sp³-hybridized carbons (Fsp3) is 0.389. The minimum atomic E-state index is -0.0765. The number of benzene rings is 1. The maximum Gasteiger partial charge on any atom is 0.246 e. The summed E-state index contributed by atoms with van der Waals surface area (Å²) < 4.78 is 15.9. The van der Waals surface area contributed by atoms with E-state index in [1.807, 2.05) is 13.8 Å². The molecule has 0 aromatic heterocycles. The molecular formula is C18H25NO4. The van der Waals surface area contributed by atoms with Crippen molar-refractivity contribution in [2.75, 3.05) is 34.4 Å². The standard InChI is InChI=1S/C18H25NO4/c1-7-19(12-13(2)3)18(20)9-8-14-10-16(22-5)17(23-6)11-15(14)21-4/h8-11H,2,7,12H2,1,3-6H3/b9-8+. The number of carbonyl (C=O) groups is 1. The molecule has 1 amide bonds. The molecule has 0 saturated heterocycles. The van der Waals surface area contributed by atoms with E-state index in [0.29, 0.717) is 30.3 Å². The molecular weight excluding hydrogens is 294 g/mol. The van der Waals surface area contributed by atoms with Crippen LogP contribution < -0.4 is 14.2 Å². The number of carbonyl (C=O) groups excluding carboxylic acids is 1. The molecule has 1 aromatic carbocycles. The van der Waals surface area contributed by atoms with Gasteiger partial charge in [0.05, 0.1) is 21.3 Å². The van der Waals surface area contributed by atoms with E-state index < -0.39 is 0 Å². The maximum atomic E-state index is 12.3.